The first kappa shape index (κ1) is 16.8. The summed E-state index contributed by atoms with van der Waals surface area (Å²) >= 11 is 1.61. The number of nitrogens with two attached hydrogens (primary N) is 1. The lowest BCUT2D eigenvalue weighted by molar-refractivity contribution is 0.103. The number of nitrogens with zero attached hydrogens (tertiary/aromatic N) is 1. The molecule has 1 aromatic carbocycles. The lowest BCUT2D eigenvalue weighted by atomic mass is 9.88. The molecule has 2 aliphatic rings. The van der Waals surface area contributed by atoms with E-state index in [0.717, 1.165) is 33.6 Å². The minimum absolute atomic E-state index is 0.0162. The Balaban J connectivity index is 1.56. The van der Waals surface area contributed by atoms with Crippen LogP contribution in [0.2, 0.25) is 0 Å². The van der Waals surface area contributed by atoms with Gasteiger partial charge >= 0.3 is 0 Å². The average Bonchev–Trinajstić information content (AvgIpc) is 3.34. The third-order valence-electron chi connectivity index (χ3n) is 5.86. The summed E-state index contributed by atoms with van der Waals surface area (Å²) in [6, 6.07) is 8.24. The summed E-state index contributed by atoms with van der Waals surface area (Å²) in [4.78, 5) is 15.3. The predicted molar refractivity (Wildman–Crippen MR) is 110 cm³/mol. The number of ketones is 1. The highest BCUT2D eigenvalue weighted by atomic mass is 32.1. The molecule has 2 aliphatic heterocycles. The molecule has 1 fully saturated rings. The molecular weight excluding hydrogens is 356 g/mol. The van der Waals surface area contributed by atoms with Crippen molar-refractivity contribution in [1.29, 1.82) is 0 Å². The topological polar surface area (TPSA) is 59.5 Å². The Morgan fingerprint density at radius 2 is 2.15 bits per heavy atom. The number of rotatable bonds is 3. The Hall–Kier alpha value is -2.37. The maximum Gasteiger partial charge on any atom is 0.196 e. The second-order valence-corrected chi connectivity index (χ2v) is 8.56. The fraction of sp³-hybridized carbons (Fsp3) is 0.318. The van der Waals surface area contributed by atoms with Gasteiger partial charge < -0.3 is 10.2 Å². The van der Waals surface area contributed by atoms with Crippen molar-refractivity contribution in [3.63, 3.8) is 0 Å². The number of anilines is 1. The Bertz CT molecular complexity index is 1030. The monoisotopic (exact) mass is 378 g/mol. The molecule has 5 heteroatoms. The molecule has 0 aliphatic carbocycles. The molecule has 2 aromatic heterocycles. The minimum atomic E-state index is -0.0162. The van der Waals surface area contributed by atoms with Crippen LogP contribution in [0, 0.1) is 0 Å². The molecule has 1 atom stereocenters. The van der Waals surface area contributed by atoms with Crippen molar-refractivity contribution in [1.82, 2.24) is 4.90 Å². The van der Waals surface area contributed by atoms with Gasteiger partial charge in [0, 0.05) is 33.8 Å². The predicted octanol–water partition coefficient (Wildman–Crippen LogP) is 4.95. The number of carbonyl (C=O) groups excluding carboxylic acids is 1. The van der Waals surface area contributed by atoms with Gasteiger partial charge in [-0.05, 0) is 55.6 Å². The van der Waals surface area contributed by atoms with E-state index in [1.54, 1.807) is 17.4 Å². The number of hydrogen-bond donors (Lipinski definition) is 1. The molecule has 4 nitrogen and oxygen atoms in total. The average molecular weight is 378 g/mol. The highest BCUT2D eigenvalue weighted by Crippen LogP contribution is 2.42. The van der Waals surface area contributed by atoms with E-state index in [1.807, 2.05) is 18.2 Å². The molecule has 27 heavy (non-hydrogen) atoms. The molecule has 0 bridgehead atoms. The molecular formula is C22H22N2O2S. The van der Waals surface area contributed by atoms with Crippen LogP contribution in [0.25, 0.3) is 15.7 Å². The molecule has 138 valence electrons. The molecule has 3 aromatic rings. The van der Waals surface area contributed by atoms with Crippen molar-refractivity contribution in [3.8, 4) is 0 Å². The number of nitrogen functional groups attached to an aromatic ring is 1. The Kier molecular flexibility index (Phi) is 4.14. The number of hydrogen-bond acceptors (Lipinski definition) is 5. The Labute approximate surface area is 162 Å². The van der Waals surface area contributed by atoms with Crippen LogP contribution >= 0.6 is 11.3 Å². The summed E-state index contributed by atoms with van der Waals surface area (Å²) in [5, 5.41) is 1.95. The Morgan fingerprint density at radius 3 is 3.00 bits per heavy atom. The normalized spacial score (nSPS) is 20.4. The maximum absolute atomic E-state index is 12.7. The summed E-state index contributed by atoms with van der Waals surface area (Å²) in [6.45, 7) is 2.21. The number of piperidine rings is 1. The van der Waals surface area contributed by atoms with Crippen LogP contribution in [0.1, 0.15) is 47.2 Å². The standard InChI is InChI=1S/C22H22N2O2S/c23-22-20(14-6-9-24-8-2-1-3-17(24)11-14)18-12-15(4-5-19(18)27-22)21(25)16-7-10-26-13-16/h4-7,10,12-13,17H,1-3,8-9,11,23H2. The van der Waals surface area contributed by atoms with Gasteiger partial charge in [-0.15, -0.1) is 11.3 Å². The van der Waals surface area contributed by atoms with Crippen LogP contribution in [-0.2, 0) is 0 Å². The zero-order valence-electron chi connectivity index (χ0n) is 15.1. The summed E-state index contributed by atoms with van der Waals surface area (Å²) in [5.41, 5.74) is 10.2. The number of benzene rings is 1. The largest absolute Gasteiger partial charge is 0.472 e. The Morgan fingerprint density at radius 1 is 1.22 bits per heavy atom. The van der Waals surface area contributed by atoms with Crippen LogP contribution in [0.3, 0.4) is 0 Å². The molecule has 1 saturated heterocycles. The SMILES string of the molecule is Nc1sc2ccc(C(=O)c3ccoc3)cc2c1C1=CCN2CCCCC2C1. The molecule has 0 spiro atoms. The van der Waals surface area contributed by atoms with Gasteiger partial charge in [0.05, 0.1) is 16.8 Å². The smallest absolute Gasteiger partial charge is 0.196 e. The number of fused-ring (bicyclic) bond motifs is 2. The van der Waals surface area contributed by atoms with E-state index in [0.29, 0.717) is 17.2 Å². The fourth-order valence-corrected chi connectivity index (χ4v) is 5.44. The van der Waals surface area contributed by atoms with E-state index in [1.165, 1.54) is 43.9 Å². The van der Waals surface area contributed by atoms with Crippen LogP contribution in [0.4, 0.5) is 5.00 Å². The first-order valence-electron chi connectivity index (χ1n) is 9.53. The molecule has 5 rings (SSSR count). The van der Waals surface area contributed by atoms with Crippen molar-refractivity contribution in [2.75, 3.05) is 18.8 Å². The van der Waals surface area contributed by atoms with Gasteiger partial charge in [-0.25, -0.2) is 0 Å². The zero-order valence-corrected chi connectivity index (χ0v) is 15.9. The number of thiophene rings is 1. The highest BCUT2D eigenvalue weighted by Gasteiger charge is 2.28. The third-order valence-corrected chi connectivity index (χ3v) is 6.86. The summed E-state index contributed by atoms with van der Waals surface area (Å²) in [6.07, 6.45) is 10.3. The lowest BCUT2D eigenvalue weighted by Gasteiger charge is -2.38. The molecule has 2 N–H and O–H groups in total. The first-order chi connectivity index (χ1) is 13.2. The van der Waals surface area contributed by atoms with Gasteiger partial charge in [-0.2, -0.15) is 0 Å². The van der Waals surface area contributed by atoms with Crippen molar-refractivity contribution in [2.45, 2.75) is 31.7 Å². The van der Waals surface area contributed by atoms with Gasteiger partial charge in [0.2, 0.25) is 0 Å². The molecule has 0 radical (unpaired) electrons. The van der Waals surface area contributed by atoms with Crippen molar-refractivity contribution < 1.29 is 9.21 Å². The van der Waals surface area contributed by atoms with Crippen LogP contribution < -0.4 is 5.73 Å². The van der Waals surface area contributed by atoms with Gasteiger partial charge in [-0.3, -0.25) is 9.69 Å². The summed E-state index contributed by atoms with van der Waals surface area (Å²) in [5.74, 6) is -0.0162. The van der Waals surface area contributed by atoms with Crippen molar-refractivity contribution in [3.05, 3.63) is 59.6 Å². The zero-order chi connectivity index (χ0) is 18.4. The second-order valence-electron chi connectivity index (χ2n) is 7.47. The van der Waals surface area contributed by atoms with E-state index < -0.39 is 0 Å². The van der Waals surface area contributed by atoms with E-state index in [-0.39, 0.29) is 5.78 Å². The summed E-state index contributed by atoms with van der Waals surface area (Å²) in [7, 11) is 0. The van der Waals surface area contributed by atoms with Crippen LogP contribution in [0.5, 0.6) is 0 Å². The van der Waals surface area contributed by atoms with Gasteiger partial charge in [-0.1, -0.05) is 12.5 Å². The third kappa shape index (κ3) is 2.91. The minimum Gasteiger partial charge on any atom is -0.472 e. The van der Waals surface area contributed by atoms with Gasteiger partial charge in [0.15, 0.2) is 5.78 Å². The van der Waals surface area contributed by atoms with E-state index in [2.05, 4.69) is 11.0 Å². The van der Waals surface area contributed by atoms with Crippen LogP contribution in [0.15, 0.2) is 47.3 Å². The lowest BCUT2D eigenvalue weighted by Crippen LogP contribution is -2.41. The van der Waals surface area contributed by atoms with Crippen LogP contribution in [-0.4, -0.2) is 29.8 Å². The number of furan rings is 1. The fourth-order valence-electron chi connectivity index (χ4n) is 4.45. The number of carbonyl (C=O) groups is 1. The molecule has 1 unspecified atom stereocenters. The maximum atomic E-state index is 12.7. The first-order valence-corrected chi connectivity index (χ1v) is 10.3. The summed E-state index contributed by atoms with van der Waals surface area (Å²) < 4.78 is 6.20. The molecule has 0 amide bonds. The van der Waals surface area contributed by atoms with E-state index in [9.17, 15) is 4.79 Å². The second kappa shape index (κ2) is 6.66. The highest BCUT2D eigenvalue weighted by molar-refractivity contribution is 7.23. The molecule has 0 saturated carbocycles. The van der Waals surface area contributed by atoms with Crippen molar-refractivity contribution in [2.24, 2.45) is 0 Å². The van der Waals surface area contributed by atoms with Gasteiger partial charge in [0.1, 0.15) is 6.26 Å². The quantitative estimate of drug-likeness (QED) is 0.655. The molecule has 4 heterocycles. The van der Waals surface area contributed by atoms with Crippen molar-refractivity contribution >= 4 is 37.8 Å². The van der Waals surface area contributed by atoms with E-state index in [4.69, 9.17) is 10.2 Å². The van der Waals surface area contributed by atoms with E-state index >= 15 is 0 Å². The van der Waals surface area contributed by atoms with Gasteiger partial charge in [0.25, 0.3) is 0 Å².